The van der Waals surface area contributed by atoms with Gasteiger partial charge in [0.25, 0.3) is 0 Å². The van der Waals surface area contributed by atoms with Gasteiger partial charge in [-0.1, -0.05) is 0 Å². The Morgan fingerprint density at radius 1 is 0.739 bits per heavy atom. The number of carbonyl (C=O) groups is 6. The molecule has 0 radical (unpaired) electrons. The van der Waals surface area contributed by atoms with Crippen LogP contribution in [0.25, 0.3) is 0 Å². The Bertz CT molecular complexity index is 706. The Hall–Kier alpha value is -3.50. The second-order valence-electron chi connectivity index (χ2n) is 4.63. The molecule has 1 heterocycles. The SMILES string of the molecule is O=C(O)C1=CC2(C(=O)O)C(=O)OC(=O)C2(C(=O)O)C=C1C(=O)O. The molecule has 0 bridgehead atoms. The van der Waals surface area contributed by atoms with Crippen molar-refractivity contribution in [2.45, 2.75) is 0 Å². The van der Waals surface area contributed by atoms with Crippen molar-refractivity contribution in [2.24, 2.45) is 10.8 Å². The number of aliphatic carboxylic acids is 4. The topological polar surface area (TPSA) is 193 Å². The van der Waals surface area contributed by atoms with Crippen LogP contribution in [-0.2, 0) is 33.5 Å². The van der Waals surface area contributed by atoms with E-state index >= 15 is 0 Å². The first-order valence-corrected chi connectivity index (χ1v) is 5.68. The van der Waals surface area contributed by atoms with Gasteiger partial charge >= 0.3 is 35.8 Å². The minimum Gasteiger partial charge on any atom is -0.480 e. The lowest BCUT2D eigenvalue weighted by molar-refractivity contribution is -0.168. The largest absolute Gasteiger partial charge is 0.480 e. The first kappa shape index (κ1) is 15.9. The van der Waals surface area contributed by atoms with E-state index in [9.17, 15) is 39.0 Å². The highest BCUT2D eigenvalue weighted by atomic mass is 16.6. The normalized spacial score (nSPS) is 29.0. The Balaban J connectivity index is 2.99. The fourth-order valence-corrected chi connectivity index (χ4v) is 2.49. The van der Waals surface area contributed by atoms with Gasteiger partial charge in [-0.15, -0.1) is 0 Å². The Labute approximate surface area is 125 Å². The van der Waals surface area contributed by atoms with Crippen molar-refractivity contribution >= 4 is 35.8 Å². The van der Waals surface area contributed by atoms with Crippen molar-refractivity contribution in [1.82, 2.24) is 0 Å². The van der Waals surface area contributed by atoms with Crippen LogP contribution in [0.3, 0.4) is 0 Å². The van der Waals surface area contributed by atoms with Crippen LogP contribution in [0.2, 0.25) is 0 Å². The smallest absolute Gasteiger partial charge is 0.337 e. The number of rotatable bonds is 4. The summed E-state index contributed by atoms with van der Waals surface area (Å²) in [5.74, 6) is -11.8. The number of hydrogen-bond acceptors (Lipinski definition) is 7. The molecule has 11 nitrogen and oxygen atoms in total. The summed E-state index contributed by atoms with van der Waals surface area (Å²) in [7, 11) is 0. The lowest BCUT2D eigenvalue weighted by Crippen LogP contribution is -2.55. The van der Waals surface area contributed by atoms with Gasteiger partial charge in [-0.2, -0.15) is 0 Å². The molecule has 0 aromatic heterocycles. The maximum absolute atomic E-state index is 11.8. The zero-order valence-electron chi connectivity index (χ0n) is 10.8. The molecule has 23 heavy (non-hydrogen) atoms. The van der Waals surface area contributed by atoms with Crippen LogP contribution in [0, 0.1) is 10.8 Å². The Morgan fingerprint density at radius 2 is 1.04 bits per heavy atom. The highest BCUT2D eigenvalue weighted by Crippen LogP contribution is 2.54. The molecule has 0 aromatic rings. The van der Waals surface area contributed by atoms with Crippen LogP contribution in [0.5, 0.6) is 0 Å². The molecule has 0 saturated carbocycles. The van der Waals surface area contributed by atoms with E-state index in [1.54, 1.807) is 0 Å². The van der Waals surface area contributed by atoms with E-state index in [1.165, 1.54) is 0 Å². The third-order valence-electron chi connectivity index (χ3n) is 3.60. The molecule has 4 N–H and O–H groups in total. The highest BCUT2D eigenvalue weighted by Gasteiger charge is 2.77. The number of carboxylic acids is 4. The predicted octanol–water partition coefficient (Wildman–Crippen LogP) is -1.75. The standard InChI is InChI=1S/C12H6O11/c13-5(14)3-1-11(7(17)18)9(21)23-10(22)12(11,8(19)20)2-4(3)6(15)16/h1-2H,(H,13,14)(H,15,16)(H,17,18)(H,19,20). The second-order valence-corrected chi connectivity index (χ2v) is 4.63. The second kappa shape index (κ2) is 4.50. The molecule has 0 aromatic carbocycles. The van der Waals surface area contributed by atoms with Crippen LogP contribution in [0.15, 0.2) is 23.3 Å². The average molecular weight is 326 g/mol. The number of esters is 2. The summed E-state index contributed by atoms with van der Waals surface area (Å²) in [5.41, 5.74) is -8.74. The molecule has 1 aliphatic carbocycles. The molecule has 2 rings (SSSR count). The number of carbonyl (C=O) groups excluding carboxylic acids is 2. The third-order valence-corrected chi connectivity index (χ3v) is 3.60. The summed E-state index contributed by atoms with van der Waals surface area (Å²) < 4.78 is 4.08. The summed E-state index contributed by atoms with van der Waals surface area (Å²) in [4.78, 5) is 69.0. The van der Waals surface area contributed by atoms with Crippen molar-refractivity contribution in [3.05, 3.63) is 23.3 Å². The lowest BCUT2D eigenvalue weighted by Gasteiger charge is -2.32. The van der Waals surface area contributed by atoms with Gasteiger partial charge in [-0.3, -0.25) is 9.59 Å². The Kier molecular flexibility index (Phi) is 3.10. The minimum atomic E-state index is -3.22. The van der Waals surface area contributed by atoms with Crippen molar-refractivity contribution in [3.8, 4) is 0 Å². The van der Waals surface area contributed by atoms with E-state index in [2.05, 4.69) is 4.74 Å². The molecule has 1 aliphatic heterocycles. The van der Waals surface area contributed by atoms with Crippen LogP contribution in [-0.4, -0.2) is 56.2 Å². The predicted molar refractivity (Wildman–Crippen MR) is 62.7 cm³/mol. The molecule has 2 atom stereocenters. The summed E-state index contributed by atoms with van der Waals surface area (Å²) in [6.45, 7) is 0. The highest BCUT2D eigenvalue weighted by molar-refractivity contribution is 6.26. The number of hydrogen-bond donors (Lipinski definition) is 4. The summed E-state index contributed by atoms with van der Waals surface area (Å²) in [6, 6.07) is 0. The van der Waals surface area contributed by atoms with Crippen LogP contribution in [0.4, 0.5) is 0 Å². The van der Waals surface area contributed by atoms with Crippen molar-refractivity contribution in [1.29, 1.82) is 0 Å². The fraction of sp³-hybridized carbons (Fsp3) is 0.167. The van der Waals surface area contributed by atoms with Crippen LogP contribution in [0.1, 0.15) is 0 Å². The third kappa shape index (κ3) is 1.64. The van der Waals surface area contributed by atoms with E-state index in [0.29, 0.717) is 0 Å². The molecule has 1 saturated heterocycles. The van der Waals surface area contributed by atoms with Crippen LogP contribution < -0.4 is 0 Å². The van der Waals surface area contributed by atoms with Crippen molar-refractivity contribution < 1.29 is 53.9 Å². The van der Waals surface area contributed by atoms with Gasteiger partial charge in [0.15, 0.2) is 0 Å². The van der Waals surface area contributed by atoms with Crippen molar-refractivity contribution in [2.75, 3.05) is 0 Å². The molecule has 11 heteroatoms. The van der Waals surface area contributed by atoms with Gasteiger partial charge in [0, 0.05) is 0 Å². The van der Waals surface area contributed by atoms with E-state index in [0.717, 1.165) is 0 Å². The number of cyclic esters (lactones) is 2. The monoisotopic (exact) mass is 326 g/mol. The van der Waals surface area contributed by atoms with Gasteiger partial charge < -0.3 is 25.2 Å². The molecule has 2 aliphatic rings. The molecular weight excluding hydrogens is 320 g/mol. The molecular formula is C12H6O11. The maximum atomic E-state index is 11.8. The summed E-state index contributed by atoms with van der Waals surface area (Å²) >= 11 is 0. The van der Waals surface area contributed by atoms with Gasteiger partial charge in [0.05, 0.1) is 11.1 Å². The van der Waals surface area contributed by atoms with Gasteiger partial charge in [-0.25, -0.2) is 19.2 Å². The van der Waals surface area contributed by atoms with Crippen molar-refractivity contribution in [3.63, 3.8) is 0 Å². The molecule has 2 unspecified atom stereocenters. The Morgan fingerprint density at radius 3 is 1.26 bits per heavy atom. The number of carboxylic acid groups (broad SMARTS) is 4. The van der Waals surface area contributed by atoms with Gasteiger partial charge in [-0.05, 0) is 12.2 Å². The van der Waals surface area contributed by atoms with Gasteiger partial charge in [0.2, 0.25) is 10.8 Å². The number of ether oxygens (including phenoxy) is 1. The number of fused-ring (bicyclic) bond motifs is 1. The zero-order chi connectivity index (χ0) is 17.7. The summed E-state index contributed by atoms with van der Waals surface area (Å²) in [6.07, 6.45) is 0.227. The maximum Gasteiger partial charge on any atom is 0.337 e. The molecule has 0 amide bonds. The summed E-state index contributed by atoms with van der Waals surface area (Å²) in [5, 5.41) is 36.6. The fourth-order valence-electron chi connectivity index (χ4n) is 2.49. The molecule has 0 spiro atoms. The quantitative estimate of drug-likeness (QED) is 0.338. The van der Waals surface area contributed by atoms with E-state index in [1.807, 2.05) is 0 Å². The first-order valence-electron chi connectivity index (χ1n) is 5.68. The molecule has 120 valence electrons. The minimum absolute atomic E-state index is 0.114. The molecule has 1 fully saturated rings. The average Bonchev–Trinajstić information content (AvgIpc) is 2.66. The first-order chi connectivity index (χ1) is 10.5. The van der Waals surface area contributed by atoms with Crippen LogP contribution >= 0.6 is 0 Å². The lowest BCUT2D eigenvalue weighted by atomic mass is 9.60. The van der Waals surface area contributed by atoms with Gasteiger partial charge in [0.1, 0.15) is 0 Å². The van der Waals surface area contributed by atoms with E-state index in [4.69, 9.17) is 10.2 Å². The van der Waals surface area contributed by atoms with E-state index < -0.39 is 57.8 Å². The zero-order valence-corrected chi connectivity index (χ0v) is 10.8. The van der Waals surface area contributed by atoms with E-state index in [-0.39, 0.29) is 12.2 Å².